The second-order valence-electron chi connectivity index (χ2n) is 11.9. The highest BCUT2D eigenvalue weighted by atomic mass is 16.6. The van der Waals surface area contributed by atoms with E-state index in [1.807, 2.05) is 25.9 Å². The van der Waals surface area contributed by atoms with Crippen molar-refractivity contribution >= 4 is 5.71 Å². The summed E-state index contributed by atoms with van der Waals surface area (Å²) in [7, 11) is 3.98. The van der Waals surface area contributed by atoms with Crippen molar-refractivity contribution in [3.05, 3.63) is 0 Å². The number of fused-ring (bicyclic) bond motifs is 5. The lowest BCUT2D eigenvalue weighted by Gasteiger charge is -2.64. The molecule has 178 valence electrons. The fraction of sp³-hybridized carbons (Fsp3) is 0.960. The molecule has 0 bridgehead atoms. The Morgan fingerprint density at radius 2 is 1.74 bits per heavy atom. The molecule has 0 radical (unpaired) electrons. The van der Waals surface area contributed by atoms with Gasteiger partial charge in [-0.3, -0.25) is 0 Å². The molecule has 0 spiro atoms. The second-order valence-corrected chi connectivity index (χ2v) is 11.9. The third-order valence-corrected chi connectivity index (χ3v) is 10.4. The first-order chi connectivity index (χ1) is 14.5. The number of hydrogen-bond donors (Lipinski definition) is 3. The van der Waals surface area contributed by atoms with Gasteiger partial charge in [0.2, 0.25) is 0 Å². The Labute approximate surface area is 188 Å². The Kier molecular flexibility index (Phi) is 6.03. The molecule has 8 atom stereocenters. The second kappa shape index (κ2) is 7.96. The first kappa shape index (κ1) is 23.5. The van der Waals surface area contributed by atoms with Gasteiger partial charge in [-0.25, -0.2) is 0 Å². The van der Waals surface area contributed by atoms with Gasteiger partial charge in [0.1, 0.15) is 12.2 Å². The first-order valence-corrected chi connectivity index (χ1v) is 12.4. The van der Waals surface area contributed by atoms with E-state index < -0.39 is 16.6 Å². The average Bonchev–Trinajstić information content (AvgIpc) is 2.94. The number of nitrogens with zero attached hydrogens (tertiary/aromatic N) is 2. The van der Waals surface area contributed by atoms with E-state index in [9.17, 15) is 15.3 Å². The minimum absolute atomic E-state index is 0.158. The molecule has 6 heteroatoms. The van der Waals surface area contributed by atoms with Crippen LogP contribution in [0.25, 0.3) is 0 Å². The smallest absolute Gasteiger partial charge is 0.129 e. The predicted molar refractivity (Wildman–Crippen MR) is 122 cm³/mol. The SMILES string of the molecule is C/C(=N\OCCN(C)C)[C@@]1(O)CC[C@]2(O)[C@@H]3CC[C@@H]4C[C@@H](O)CC[C@]4(C)[C@H]3CC[C@]12C. The number of oxime groups is 1. The quantitative estimate of drug-likeness (QED) is 0.350. The molecule has 0 unspecified atom stereocenters. The number of aliphatic hydroxyl groups excluding tert-OH is 1. The van der Waals surface area contributed by atoms with Crippen molar-refractivity contribution in [2.45, 2.75) is 95.9 Å². The molecular formula is C25H44N2O4. The molecule has 0 amide bonds. The molecular weight excluding hydrogens is 392 g/mol. The van der Waals surface area contributed by atoms with Crippen LogP contribution in [0.2, 0.25) is 0 Å². The molecule has 4 rings (SSSR count). The van der Waals surface area contributed by atoms with Crippen LogP contribution in [0.15, 0.2) is 5.16 Å². The van der Waals surface area contributed by atoms with E-state index in [4.69, 9.17) is 4.84 Å². The molecule has 0 aliphatic heterocycles. The minimum atomic E-state index is -1.13. The monoisotopic (exact) mass is 436 g/mol. The molecule has 0 aromatic rings. The van der Waals surface area contributed by atoms with Gasteiger partial charge >= 0.3 is 0 Å². The predicted octanol–water partition coefficient (Wildman–Crippen LogP) is 3.19. The van der Waals surface area contributed by atoms with E-state index >= 15 is 0 Å². The van der Waals surface area contributed by atoms with Crippen molar-refractivity contribution in [2.75, 3.05) is 27.2 Å². The van der Waals surface area contributed by atoms with Crippen LogP contribution >= 0.6 is 0 Å². The van der Waals surface area contributed by atoms with Crippen molar-refractivity contribution in [3.63, 3.8) is 0 Å². The zero-order valence-corrected chi connectivity index (χ0v) is 20.2. The lowest BCUT2D eigenvalue weighted by atomic mass is 9.43. The summed E-state index contributed by atoms with van der Waals surface area (Å²) in [5.41, 5.74) is -1.83. The van der Waals surface area contributed by atoms with Crippen LogP contribution in [0.1, 0.15) is 78.6 Å². The molecule has 4 fully saturated rings. The topological polar surface area (TPSA) is 85.5 Å². The van der Waals surface area contributed by atoms with Gasteiger partial charge < -0.3 is 25.1 Å². The van der Waals surface area contributed by atoms with Gasteiger partial charge in [0.05, 0.1) is 17.4 Å². The van der Waals surface area contributed by atoms with Gasteiger partial charge in [0.25, 0.3) is 0 Å². The van der Waals surface area contributed by atoms with Crippen LogP contribution < -0.4 is 0 Å². The van der Waals surface area contributed by atoms with Gasteiger partial charge in [-0.2, -0.15) is 0 Å². The summed E-state index contributed by atoms with van der Waals surface area (Å²) in [6.07, 6.45) is 7.75. The highest BCUT2D eigenvalue weighted by Gasteiger charge is 2.72. The van der Waals surface area contributed by atoms with Gasteiger partial charge in [-0.15, -0.1) is 0 Å². The van der Waals surface area contributed by atoms with Gasteiger partial charge in [-0.1, -0.05) is 19.0 Å². The zero-order chi connectivity index (χ0) is 22.7. The third kappa shape index (κ3) is 3.39. The lowest BCUT2D eigenvalue weighted by Crippen LogP contribution is -2.66. The average molecular weight is 437 g/mol. The molecule has 4 aliphatic carbocycles. The van der Waals surface area contributed by atoms with Crippen LogP contribution in [0.3, 0.4) is 0 Å². The maximum Gasteiger partial charge on any atom is 0.129 e. The molecule has 0 saturated heterocycles. The fourth-order valence-corrected chi connectivity index (χ4v) is 8.24. The number of aliphatic hydroxyl groups is 3. The highest BCUT2D eigenvalue weighted by molar-refractivity contribution is 5.91. The Balaban J connectivity index is 1.57. The third-order valence-electron chi connectivity index (χ3n) is 10.4. The summed E-state index contributed by atoms with van der Waals surface area (Å²) in [6.45, 7) is 7.62. The highest BCUT2D eigenvalue weighted by Crippen LogP contribution is 2.70. The fourth-order valence-electron chi connectivity index (χ4n) is 8.24. The van der Waals surface area contributed by atoms with E-state index in [0.717, 1.165) is 51.5 Å². The Bertz CT molecular complexity index is 714. The van der Waals surface area contributed by atoms with E-state index in [2.05, 4.69) is 19.0 Å². The minimum Gasteiger partial charge on any atom is -0.394 e. The van der Waals surface area contributed by atoms with Crippen molar-refractivity contribution < 1.29 is 20.2 Å². The summed E-state index contributed by atoms with van der Waals surface area (Å²) < 4.78 is 0. The van der Waals surface area contributed by atoms with E-state index in [1.165, 1.54) is 0 Å². The van der Waals surface area contributed by atoms with Gasteiger partial charge in [0, 0.05) is 12.0 Å². The number of rotatable bonds is 5. The maximum atomic E-state index is 12.2. The van der Waals surface area contributed by atoms with Crippen molar-refractivity contribution in [1.29, 1.82) is 0 Å². The molecule has 0 heterocycles. The van der Waals surface area contributed by atoms with Crippen molar-refractivity contribution in [2.24, 2.45) is 33.7 Å². The van der Waals surface area contributed by atoms with E-state index in [0.29, 0.717) is 37.0 Å². The standard InChI is InChI=1S/C25H44N2O4/c1-17(26-31-15-14-27(4)5)24(29)12-13-25(30)21-7-6-18-16-19(28)8-10-22(18,2)20(21)9-11-23(24,25)3/h18-21,28-30H,6-16H2,1-5H3/b26-17+/t18-,19+,20+,21-,22+,23-,24+,25+/m1/s1. The van der Waals surface area contributed by atoms with Gasteiger partial charge in [0.15, 0.2) is 0 Å². The van der Waals surface area contributed by atoms with E-state index in [1.54, 1.807) is 0 Å². The first-order valence-electron chi connectivity index (χ1n) is 12.4. The van der Waals surface area contributed by atoms with Crippen LogP contribution in [0.5, 0.6) is 0 Å². The van der Waals surface area contributed by atoms with Crippen LogP contribution in [0, 0.1) is 28.6 Å². The van der Waals surface area contributed by atoms with Crippen LogP contribution in [-0.2, 0) is 4.84 Å². The lowest BCUT2D eigenvalue weighted by molar-refractivity contribution is -0.224. The molecule has 31 heavy (non-hydrogen) atoms. The molecule has 4 aliphatic rings. The molecule has 0 aromatic carbocycles. The Hall–Kier alpha value is -0.690. The van der Waals surface area contributed by atoms with Crippen molar-refractivity contribution in [1.82, 2.24) is 4.90 Å². The van der Waals surface area contributed by atoms with Crippen LogP contribution in [-0.4, -0.2) is 70.5 Å². The molecule has 4 saturated carbocycles. The summed E-state index contributed by atoms with van der Waals surface area (Å²) in [4.78, 5) is 7.57. The molecule has 6 nitrogen and oxygen atoms in total. The number of likely N-dealkylation sites (N-methyl/N-ethyl adjacent to an activating group) is 1. The summed E-state index contributed by atoms with van der Waals surface area (Å²) >= 11 is 0. The summed E-state index contributed by atoms with van der Waals surface area (Å²) in [5, 5.41) is 38.7. The Morgan fingerprint density at radius 1 is 1.00 bits per heavy atom. The Morgan fingerprint density at radius 3 is 2.45 bits per heavy atom. The zero-order valence-electron chi connectivity index (χ0n) is 20.2. The largest absolute Gasteiger partial charge is 0.394 e. The van der Waals surface area contributed by atoms with Crippen LogP contribution in [0.4, 0.5) is 0 Å². The van der Waals surface area contributed by atoms with Crippen molar-refractivity contribution in [3.8, 4) is 0 Å². The molecule has 0 aromatic heterocycles. The maximum absolute atomic E-state index is 12.2. The number of hydrogen-bond acceptors (Lipinski definition) is 6. The van der Waals surface area contributed by atoms with Gasteiger partial charge in [-0.05, 0) is 102 Å². The normalized spacial score (nSPS) is 50.0. The van der Waals surface area contributed by atoms with E-state index in [-0.39, 0.29) is 17.4 Å². The molecule has 3 N–H and O–H groups in total. The summed E-state index contributed by atoms with van der Waals surface area (Å²) in [5.74, 6) is 1.23. The summed E-state index contributed by atoms with van der Waals surface area (Å²) in [6, 6.07) is 0.